The standard InChI is InChI=1S/C11H16N4O2/c1-6-3-9(15-11(12)13-6)10(16)14-7-4-8(5-7)17-2/h3,7-8H,4-5H2,1-2H3,(H,14,16)(H2,12,13,15). The smallest absolute Gasteiger partial charge is 0.270 e. The van der Waals surface area contributed by atoms with Crippen molar-refractivity contribution >= 4 is 11.9 Å². The molecule has 1 aromatic rings. The van der Waals surface area contributed by atoms with Gasteiger partial charge in [-0.25, -0.2) is 9.97 Å². The average Bonchev–Trinajstić information content (AvgIpc) is 2.21. The van der Waals surface area contributed by atoms with Crippen LogP contribution in [0.2, 0.25) is 0 Å². The van der Waals surface area contributed by atoms with Crippen LogP contribution in [0.15, 0.2) is 6.07 Å². The summed E-state index contributed by atoms with van der Waals surface area (Å²) in [7, 11) is 1.68. The number of aromatic nitrogens is 2. The third-order valence-electron chi connectivity index (χ3n) is 2.87. The summed E-state index contributed by atoms with van der Waals surface area (Å²) in [6.45, 7) is 1.78. The molecule has 1 aromatic heterocycles. The first-order valence-electron chi connectivity index (χ1n) is 5.53. The molecule has 1 aliphatic carbocycles. The molecule has 1 saturated carbocycles. The molecule has 1 heterocycles. The maximum atomic E-state index is 11.8. The Kier molecular flexibility index (Phi) is 3.23. The average molecular weight is 236 g/mol. The van der Waals surface area contributed by atoms with Gasteiger partial charge in [0, 0.05) is 18.8 Å². The fourth-order valence-corrected chi connectivity index (χ4v) is 1.84. The number of nitrogens with two attached hydrogens (primary N) is 1. The van der Waals surface area contributed by atoms with Crippen LogP contribution >= 0.6 is 0 Å². The number of carbonyl (C=O) groups excluding carboxylic acids is 1. The lowest BCUT2D eigenvalue weighted by atomic mass is 9.89. The number of carbonyl (C=O) groups is 1. The van der Waals surface area contributed by atoms with E-state index in [2.05, 4.69) is 15.3 Å². The summed E-state index contributed by atoms with van der Waals surface area (Å²) in [4.78, 5) is 19.7. The third kappa shape index (κ3) is 2.71. The van der Waals surface area contributed by atoms with Crippen molar-refractivity contribution in [1.82, 2.24) is 15.3 Å². The van der Waals surface area contributed by atoms with Crippen LogP contribution in [-0.4, -0.2) is 35.1 Å². The van der Waals surface area contributed by atoms with E-state index in [1.807, 2.05) is 0 Å². The van der Waals surface area contributed by atoms with E-state index in [0.29, 0.717) is 11.4 Å². The molecular formula is C11H16N4O2. The number of amides is 1. The summed E-state index contributed by atoms with van der Waals surface area (Å²) in [5, 5.41) is 2.89. The number of nitrogens with zero attached hydrogens (tertiary/aromatic N) is 2. The SMILES string of the molecule is COC1CC(NC(=O)c2cc(C)nc(N)n2)C1. The molecule has 6 heteroatoms. The minimum atomic E-state index is -0.207. The highest BCUT2D eigenvalue weighted by molar-refractivity contribution is 5.92. The van der Waals surface area contributed by atoms with E-state index < -0.39 is 0 Å². The minimum absolute atomic E-state index is 0.124. The Morgan fingerprint density at radius 1 is 1.53 bits per heavy atom. The van der Waals surface area contributed by atoms with Crippen molar-refractivity contribution in [3.8, 4) is 0 Å². The van der Waals surface area contributed by atoms with Gasteiger partial charge >= 0.3 is 0 Å². The van der Waals surface area contributed by atoms with Crippen molar-refractivity contribution in [1.29, 1.82) is 0 Å². The van der Waals surface area contributed by atoms with Gasteiger partial charge in [0.25, 0.3) is 5.91 Å². The van der Waals surface area contributed by atoms with Crippen LogP contribution in [0, 0.1) is 6.92 Å². The minimum Gasteiger partial charge on any atom is -0.381 e. The van der Waals surface area contributed by atoms with Gasteiger partial charge in [-0.2, -0.15) is 0 Å². The van der Waals surface area contributed by atoms with E-state index in [9.17, 15) is 4.79 Å². The number of anilines is 1. The van der Waals surface area contributed by atoms with Crippen molar-refractivity contribution in [2.24, 2.45) is 0 Å². The second-order valence-corrected chi connectivity index (χ2v) is 4.25. The fourth-order valence-electron chi connectivity index (χ4n) is 1.84. The summed E-state index contributed by atoms with van der Waals surface area (Å²) < 4.78 is 5.14. The molecule has 92 valence electrons. The Labute approximate surface area is 99.6 Å². The Morgan fingerprint density at radius 2 is 2.24 bits per heavy atom. The van der Waals surface area contributed by atoms with E-state index in [-0.39, 0.29) is 24.0 Å². The second kappa shape index (κ2) is 4.67. The topological polar surface area (TPSA) is 90.1 Å². The van der Waals surface area contributed by atoms with Crippen LogP contribution in [0.5, 0.6) is 0 Å². The van der Waals surface area contributed by atoms with Gasteiger partial charge in [-0.3, -0.25) is 4.79 Å². The van der Waals surface area contributed by atoms with Crippen molar-refractivity contribution in [2.75, 3.05) is 12.8 Å². The van der Waals surface area contributed by atoms with Crippen LogP contribution in [-0.2, 0) is 4.74 Å². The summed E-state index contributed by atoms with van der Waals surface area (Å²) in [6.07, 6.45) is 1.96. The number of hydrogen-bond acceptors (Lipinski definition) is 5. The summed E-state index contributed by atoms with van der Waals surface area (Å²) in [5.41, 5.74) is 6.50. The van der Waals surface area contributed by atoms with Gasteiger partial charge in [0.2, 0.25) is 5.95 Å². The van der Waals surface area contributed by atoms with E-state index in [4.69, 9.17) is 10.5 Å². The summed E-state index contributed by atoms with van der Waals surface area (Å²) in [5.74, 6) is -0.0831. The molecule has 0 aromatic carbocycles. The van der Waals surface area contributed by atoms with Gasteiger partial charge in [0.15, 0.2) is 0 Å². The zero-order valence-electron chi connectivity index (χ0n) is 9.93. The number of rotatable bonds is 3. The van der Waals surface area contributed by atoms with Gasteiger partial charge in [-0.1, -0.05) is 0 Å². The fraction of sp³-hybridized carbons (Fsp3) is 0.545. The van der Waals surface area contributed by atoms with Gasteiger partial charge in [-0.15, -0.1) is 0 Å². The molecule has 1 aliphatic rings. The summed E-state index contributed by atoms with van der Waals surface area (Å²) in [6, 6.07) is 1.79. The largest absolute Gasteiger partial charge is 0.381 e. The van der Waals surface area contributed by atoms with Crippen molar-refractivity contribution in [3.63, 3.8) is 0 Å². The molecule has 3 N–H and O–H groups in total. The number of nitrogen functional groups attached to an aromatic ring is 1. The number of nitrogens with one attached hydrogen (secondary N) is 1. The molecular weight excluding hydrogens is 220 g/mol. The van der Waals surface area contributed by atoms with E-state index in [1.54, 1.807) is 20.1 Å². The van der Waals surface area contributed by atoms with Gasteiger partial charge in [-0.05, 0) is 25.8 Å². The van der Waals surface area contributed by atoms with E-state index in [0.717, 1.165) is 12.8 Å². The Balaban J connectivity index is 1.96. The second-order valence-electron chi connectivity index (χ2n) is 4.25. The van der Waals surface area contributed by atoms with E-state index in [1.165, 1.54) is 0 Å². The maximum absolute atomic E-state index is 11.8. The normalized spacial score (nSPS) is 22.9. The van der Waals surface area contributed by atoms with E-state index >= 15 is 0 Å². The lowest BCUT2D eigenvalue weighted by Gasteiger charge is -2.34. The number of ether oxygens (including phenoxy) is 1. The molecule has 0 aliphatic heterocycles. The van der Waals surface area contributed by atoms with Crippen LogP contribution in [0.25, 0.3) is 0 Å². The highest BCUT2D eigenvalue weighted by Gasteiger charge is 2.30. The molecule has 0 saturated heterocycles. The quantitative estimate of drug-likeness (QED) is 0.786. The first kappa shape index (κ1) is 11.8. The molecule has 0 atom stereocenters. The van der Waals surface area contributed by atoms with Crippen molar-refractivity contribution in [2.45, 2.75) is 31.9 Å². The number of hydrogen-bond donors (Lipinski definition) is 2. The molecule has 1 amide bonds. The molecule has 0 bridgehead atoms. The van der Waals surface area contributed by atoms with Crippen LogP contribution in [0.4, 0.5) is 5.95 Å². The molecule has 0 radical (unpaired) electrons. The molecule has 1 fully saturated rings. The third-order valence-corrected chi connectivity index (χ3v) is 2.87. The van der Waals surface area contributed by atoms with Crippen LogP contribution in [0.1, 0.15) is 29.0 Å². The van der Waals surface area contributed by atoms with Gasteiger partial charge in [0.1, 0.15) is 5.69 Å². The Hall–Kier alpha value is -1.69. The summed E-state index contributed by atoms with van der Waals surface area (Å²) >= 11 is 0. The molecule has 17 heavy (non-hydrogen) atoms. The molecule has 0 spiro atoms. The van der Waals surface area contributed by atoms with Crippen LogP contribution in [0.3, 0.4) is 0 Å². The monoisotopic (exact) mass is 236 g/mol. The zero-order chi connectivity index (χ0) is 12.4. The predicted octanol–water partition coefficient (Wildman–Crippen LogP) is 0.274. The first-order chi connectivity index (χ1) is 8.08. The molecule has 2 rings (SSSR count). The Morgan fingerprint density at radius 3 is 2.82 bits per heavy atom. The molecule has 0 unspecified atom stereocenters. The van der Waals surface area contributed by atoms with Crippen LogP contribution < -0.4 is 11.1 Å². The highest BCUT2D eigenvalue weighted by atomic mass is 16.5. The zero-order valence-corrected chi connectivity index (χ0v) is 9.93. The molecule has 6 nitrogen and oxygen atoms in total. The highest BCUT2D eigenvalue weighted by Crippen LogP contribution is 2.22. The lowest BCUT2D eigenvalue weighted by molar-refractivity contribution is 0.0175. The maximum Gasteiger partial charge on any atom is 0.270 e. The number of aryl methyl sites for hydroxylation is 1. The van der Waals surface area contributed by atoms with Crippen molar-refractivity contribution in [3.05, 3.63) is 17.5 Å². The van der Waals surface area contributed by atoms with Gasteiger partial charge in [0.05, 0.1) is 6.10 Å². The van der Waals surface area contributed by atoms with Gasteiger partial charge < -0.3 is 15.8 Å². The predicted molar refractivity (Wildman–Crippen MR) is 62.5 cm³/mol. The Bertz CT molecular complexity index is 409. The number of methoxy groups -OCH3 is 1. The first-order valence-corrected chi connectivity index (χ1v) is 5.53. The van der Waals surface area contributed by atoms with Crippen molar-refractivity contribution < 1.29 is 9.53 Å². The lowest BCUT2D eigenvalue weighted by Crippen LogP contribution is -2.47.